The summed E-state index contributed by atoms with van der Waals surface area (Å²) in [6.45, 7) is 2.86. The average molecular weight is 349 g/mol. The number of carbonyl (C=O) groups is 2. The SMILES string of the molecule is CCOC(=O)C1CCCN(C(=O)c2ccc(N(C)C)c([N+](=O)[O-])c2)C1. The fraction of sp³-hybridized carbons (Fsp3) is 0.529. The number of nitro groups is 1. The van der Waals surface area contributed by atoms with Gasteiger partial charge in [0.2, 0.25) is 0 Å². The van der Waals surface area contributed by atoms with Gasteiger partial charge in [-0.1, -0.05) is 0 Å². The van der Waals surface area contributed by atoms with Crippen LogP contribution in [0.3, 0.4) is 0 Å². The minimum atomic E-state index is -0.496. The van der Waals surface area contributed by atoms with E-state index in [1.54, 1.807) is 43.0 Å². The number of nitrogens with zero attached hydrogens (tertiary/aromatic N) is 3. The van der Waals surface area contributed by atoms with Crippen molar-refractivity contribution in [3.05, 3.63) is 33.9 Å². The van der Waals surface area contributed by atoms with Crippen LogP contribution in [0.2, 0.25) is 0 Å². The number of anilines is 1. The van der Waals surface area contributed by atoms with Gasteiger partial charge >= 0.3 is 5.97 Å². The summed E-state index contributed by atoms with van der Waals surface area (Å²) in [6, 6.07) is 4.45. The van der Waals surface area contributed by atoms with Crippen LogP contribution < -0.4 is 4.90 Å². The molecule has 1 amide bonds. The van der Waals surface area contributed by atoms with Gasteiger partial charge in [-0.2, -0.15) is 0 Å². The smallest absolute Gasteiger partial charge is 0.310 e. The number of amides is 1. The van der Waals surface area contributed by atoms with Gasteiger partial charge in [-0.15, -0.1) is 0 Å². The topological polar surface area (TPSA) is 93.0 Å². The van der Waals surface area contributed by atoms with Crippen molar-refractivity contribution in [1.29, 1.82) is 0 Å². The highest BCUT2D eigenvalue weighted by Gasteiger charge is 2.30. The monoisotopic (exact) mass is 349 g/mol. The quantitative estimate of drug-likeness (QED) is 0.459. The Labute approximate surface area is 146 Å². The van der Waals surface area contributed by atoms with Crippen LogP contribution in [0, 0.1) is 16.0 Å². The predicted molar refractivity (Wildman–Crippen MR) is 92.7 cm³/mol. The first kappa shape index (κ1) is 18.7. The number of rotatable bonds is 5. The van der Waals surface area contributed by atoms with Crippen LogP contribution in [0.15, 0.2) is 18.2 Å². The second-order valence-corrected chi connectivity index (χ2v) is 6.20. The Balaban J connectivity index is 2.21. The van der Waals surface area contributed by atoms with Gasteiger partial charge in [0.1, 0.15) is 5.69 Å². The molecule has 1 saturated heterocycles. The normalized spacial score (nSPS) is 17.1. The summed E-state index contributed by atoms with van der Waals surface area (Å²) in [6.07, 6.45) is 1.38. The number of benzene rings is 1. The van der Waals surface area contributed by atoms with Crippen molar-refractivity contribution in [2.45, 2.75) is 19.8 Å². The molecule has 136 valence electrons. The lowest BCUT2D eigenvalue weighted by atomic mass is 9.97. The Morgan fingerprint density at radius 1 is 1.40 bits per heavy atom. The Bertz CT molecular complexity index is 674. The van der Waals surface area contributed by atoms with Gasteiger partial charge in [0.15, 0.2) is 0 Å². The van der Waals surface area contributed by atoms with Crippen LogP contribution in [-0.4, -0.2) is 55.5 Å². The van der Waals surface area contributed by atoms with Crippen LogP contribution in [0.5, 0.6) is 0 Å². The molecule has 8 heteroatoms. The molecule has 0 spiro atoms. The van der Waals surface area contributed by atoms with E-state index in [1.165, 1.54) is 6.07 Å². The number of piperidine rings is 1. The van der Waals surface area contributed by atoms with Crippen molar-refractivity contribution >= 4 is 23.3 Å². The first-order valence-corrected chi connectivity index (χ1v) is 8.26. The number of esters is 1. The largest absolute Gasteiger partial charge is 0.466 e. The minimum Gasteiger partial charge on any atom is -0.466 e. The maximum absolute atomic E-state index is 12.7. The van der Waals surface area contributed by atoms with Crippen molar-refractivity contribution in [1.82, 2.24) is 4.90 Å². The summed E-state index contributed by atoms with van der Waals surface area (Å²) < 4.78 is 5.04. The summed E-state index contributed by atoms with van der Waals surface area (Å²) in [4.78, 5) is 38.6. The molecule has 0 radical (unpaired) electrons. The van der Waals surface area contributed by atoms with Crippen molar-refractivity contribution in [3.8, 4) is 0 Å². The van der Waals surface area contributed by atoms with E-state index in [1.807, 2.05) is 0 Å². The first-order valence-electron chi connectivity index (χ1n) is 8.26. The number of nitro benzene ring substituents is 1. The number of ether oxygens (including phenoxy) is 1. The van der Waals surface area contributed by atoms with E-state index in [0.29, 0.717) is 31.7 Å². The summed E-state index contributed by atoms with van der Waals surface area (Å²) in [5, 5.41) is 11.3. The van der Waals surface area contributed by atoms with Gasteiger partial charge in [-0.25, -0.2) is 0 Å². The molecular formula is C17H23N3O5. The molecular weight excluding hydrogens is 326 g/mol. The number of hydrogen-bond acceptors (Lipinski definition) is 6. The van der Waals surface area contributed by atoms with E-state index in [2.05, 4.69) is 0 Å². The van der Waals surface area contributed by atoms with E-state index in [9.17, 15) is 19.7 Å². The summed E-state index contributed by atoms with van der Waals surface area (Å²) >= 11 is 0. The van der Waals surface area contributed by atoms with E-state index in [4.69, 9.17) is 4.74 Å². The van der Waals surface area contributed by atoms with Gasteiger partial charge in [0.25, 0.3) is 11.6 Å². The maximum atomic E-state index is 12.7. The second-order valence-electron chi connectivity index (χ2n) is 6.20. The highest BCUT2D eigenvalue weighted by atomic mass is 16.6. The third kappa shape index (κ3) is 4.26. The molecule has 1 aromatic carbocycles. The van der Waals surface area contributed by atoms with E-state index >= 15 is 0 Å². The van der Waals surface area contributed by atoms with Crippen molar-refractivity contribution in [2.75, 3.05) is 38.7 Å². The third-order valence-electron chi connectivity index (χ3n) is 4.23. The standard InChI is InChI=1S/C17H23N3O5/c1-4-25-17(22)13-6-5-9-19(11-13)16(21)12-7-8-14(18(2)3)15(10-12)20(23)24/h7-8,10,13H,4-6,9,11H2,1-3H3. The van der Waals surface area contributed by atoms with Crippen LogP contribution >= 0.6 is 0 Å². The average Bonchev–Trinajstić information content (AvgIpc) is 2.60. The molecule has 0 saturated carbocycles. The van der Waals surface area contributed by atoms with Crippen LogP contribution in [-0.2, 0) is 9.53 Å². The second kappa shape index (κ2) is 7.96. The first-order chi connectivity index (χ1) is 11.8. The molecule has 1 atom stereocenters. The van der Waals surface area contributed by atoms with Crippen molar-refractivity contribution in [2.24, 2.45) is 5.92 Å². The van der Waals surface area contributed by atoms with Crippen molar-refractivity contribution in [3.63, 3.8) is 0 Å². The van der Waals surface area contributed by atoms with Gasteiger partial charge in [0, 0.05) is 38.8 Å². The number of likely N-dealkylation sites (tertiary alicyclic amines) is 1. The highest BCUT2D eigenvalue weighted by molar-refractivity contribution is 5.96. The molecule has 0 bridgehead atoms. The van der Waals surface area contributed by atoms with Gasteiger partial charge in [0.05, 0.1) is 17.4 Å². The highest BCUT2D eigenvalue weighted by Crippen LogP contribution is 2.29. The minimum absolute atomic E-state index is 0.116. The number of carbonyl (C=O) groups excluding carboxylic acids is 2. The van der Waals surface area contributed by atoms with Crippen LogP contribution in [0.25, 0.3) is 0 Å². The van der Waals surface area contributed by atoms with Gasteiger partial charge < -0.3 is 14.5 Å². The molecule has 1 fully saturated rings. The zero-order valence-corrected chi connectivity index (χ0v) is 14.7. The van der Waals surface area contributed by atoms with E-state index < -0.39 is 4.92 Å². The molecule has 0 N–H and O–H groups in total. The Kier molecular flexibility index (Phi) is 5.95. The van der Waals surface area contributed by atoms with Crippen LogP contribution in [0.4, 0.5) is 11.4 Å². The lowest BCUT2D eigenvalue weighted by Gasteiger charge is -2.31. The summed E-state index contributed by atoms with van der Waals surface area (Å²) in [5.74, 6) is -0.940. The summed E-state index contributed by atoms with van der Waals surface area (Å²) in [7, 11) is 3.41. The number of hydrogen-bond donors (Lipinski definition) is 0. The third-order valence-corrected chi connectivity index (χ3v) is 4.23. The van der Waals surface area contributed by atoms with Gasteiger partial charge in [-0.05, 0) is 31.9 Å². The van der Waals surface area contributed by atoms with Gasteiger partial charge in [-0.3, -0.25) is 19.7 Å². The zero-order chi connectivity index (χ0) is 18.6. The molecule has 1 aliphatic rings. The zero-order valence-electron chi connectivity index (χ0n) is 14.7. The van der Waals surface area contributed by atoms with E-state index in [0.717, 1.165) is 0 Å². The van der Waals surface area contributed by atoms with E-state index in [-0.39, 0.29) is 35.6 Å². The molecule has 1 aromatic rings. The maximum Gasteiger partial charge on any atom is 0.310 e. The molecule has 0 aliphatic carbocycles. The molecule has 2 rings (SSSR count). The Morgan fingerprint density at radius 2 is 2.12 bits per heavy atom. The fourth-order valence-electron chi connectivity index (χ4n) is 2.98. The summed E-state index contributed by atoms with van der Waals surface area (Å²) in [5.41, 5.74) is 0.571. The Morgan fingerprint density at radius 3 is 2.72 bits per heavy atom. The lowest BCUT2D eigenvalue weighted by molar-refractivity contribution is -0.384. The predicted octanol–water partition coefficient (Wildman–Crippen LogP) is 2.08. The molecule has 8 nitrogen and oxygen atoms in total. The molecule has 1 heterocycles. The fourth-order valence-corrected chi connectivity index (χ4v) is 2.98. The molecule has 1 aliphatic heterocycles. The lowest BCUT2D eigenvalue weighted by Crippen LogP contribution is -2.42. The van der Waals surface area contributed by atoms with Crippen LogP contribution in [0.1, 0.15) is 30.1 Å². The van der Waals surface area contributed by atoms with Crippen molar-refractivity contribution < 1.29 is 19.2 Å². The molecule has 1 unspecified atom stereocenters. The Hall–Kier alpha value is -2.64. The molecule has 0 aromatic heterocycles. The molecule has 25 heavy (non-hydrogen) atoms.